The maximum Gasteiger partial charge on any atom is 0.128 e. The normalized spacial score (nSPS) is 12.3. The first-order valence-corrected chi connectivity index (χ1v) is 6.74. The number of rotatable bonds is 3. The van der Waals surface area contributed by atoms with Crippen LogP contribution in [0.15, 0.2) is 40.9 Å². The molecule has 0 spiro atoms. The van der Waals surface area contributed by atoms with Gasteiger partial charge in [0, 0.05) is 15.7 Å². The summed E-state index contributed by atoms with van der Waals surface area (Å²) >= 11 is 3.43. The van der Waals surface area contributed by atoms with Crippen LogP contribution in [0.2, 0.25) is 0 Å². The van der Waals surface area contributed by atoms with Crippen molar-refractivity contribution in [1.82, 2.24) is 0 Å². The minimum Gasteiger partial charge on any atom is -0.377 e. The van der Waals surface area contributed by atoms with Crippen molar-refractivity contribution in [3.05, 3.63) is 63.6 Å². The van der Waals surface area contributed by atoms with Gasteiger partial charge in [0.1, 0.15) is 11.6 Å². The van der Waals surface area contributed by atoms with Crippen LogP contribution < -0.4 is 5.32 Å². The third kappa shape index (κ3) is 3.32. The quantitative estimate of drug-likeness (QED) is 0.816. The second-order valence-electron chi connectivity index (χ2n) is 4.52. The van der Waals surface area contributed by atoms with E-state index in [1.165, 1.54) is 6.07 Å². The second kappa shape index (κ2) is 5.70. The van der Waals surface area contributed by atoms with Gasteiger partial charge in [0.15, 0.2) is 0 Å². The van der Waals surface area contributed by atoms with Crippen molar-refractivity contribution < 1.29 is 8.78 Å². The highest BCUT2D eigenvalue weighted by Crippen LogP contribution is 2.28. The Kier molecular flexibility index (Phi) is 4.20. The van der Waals surface area contributed by atoms with E-state index in [1.807, 2.05) is 25.1 Å². The van der Waals surface area contributed by atoms with E-state index in [0.717, 1.165) is 27.9 Å². The van der Waals surface area contributed by atoms with Crippen LogP contribution in [0.1, 0.15) is 24.1 Å². The van der Waals surface area contributed by atoms with E-state index in [2.05, 4.69) is 21.2 Å². The Bertz CT molecular complexity index is 599. The minimum atomic E-state index is -0.437. The van der Waals surface area contributed by atoms with Gasteiger partial charge in [-0.25, -0.2) is 8.78 Å². The molecule has 2 aromatic rings. The van der Waals surface area contributed by atoms with Gasteiger partial charge < -0.3 is 5.32 Å². The van der Waals surface area contributed by atoms with Crippen molar-refractivity contribution in [3.8, 4) is 0 Å². The van der Waals surface area contributed by atoms with Crippen molar-refractivity contribution in [2.45, 2.75) is 19.9 Å². The van der Waals surface area contributed by atoms with E-state index in [1.54, 1.807) is 6.92 Å². The topological polar surface area (TPSA) is 12.0 Å². The highest BCUT2D eigenvalue weighted by molar-refractivity contribution is 9.10. The number of nitrogens with one attached hydrogen (secondary N) is 1. The summed E-state index contributed by atoms with van der Waals surface area (Å²) in [6.07, 6.45) is 0. The monoisotopic (exact) mass is 325 g/mol. The molecule has 1 N–H and O–H groups in total. The zero-order chi connectivity index (χ0) is 14.0. The van der Waals surface area contributed by atoms with Gasteiger partial charge in [0.25, 0.3) is 0 Å². The van der Waals surface area contributed by atoms with Crippen LogP contribution in [0, 0.1) is 18.6 Å². The Hall–Kier alpha value is -1.42. The Balaban J connectivity index is 2.27. The van der Waals surface area contributed by atoms with Gasteiger partial charge in [-0.1, -0.05) is 6.07 Å². The van der Waals surface area contributed by atoms with Crippen LogP contribution >= 0.6 is 15.9 Å². The largest absolute Gasteiger partial charge is 0.377 e. The zero-order valence-corrected chi connectivity index (χ0v) is 12.3. The van der Waals surface area contributed by atoms with Crippen LogP contribution in [0.4, 0.5) is 14.5 Å². The number of benzene rings is 2. The molecule has 1 unspecified atom stereocenters. The second-order valence-corrected chi connectivity index (χ2v) is 5.37. The van der Waals surface area contributed by atoms with Gasteiger partial charge in [-0.2, -0.15) is 0 Å². The van der Waals surface area contributed by atoms with E-state index < -0.39 is 11.6 Å². The Morgan fingerprint density at radius 2 is 1.84 bits per heavy atom. The lowest BCUT2D eigenvalue weighted by Crippen LogP contribution is -2.09. The molecule has 0 heterocycles. The summed E-state index contributed by atoms with van der Waals surface area (Å²) in [5.74, 6) is -0.849. The molecule has 0 fully saturated rings. The van der Waals surface area contributed by atoms with Crippen molar-refractivity contribution in [3.63, 3.8) is 0 Å². The molecule has 0 aliphatic carbocycles. The Morgan fingerprint density at radius 3 is 2.58 bits per heavy atom. The standard InChI is InChI=1S/C15H14BrF2N/c1-9-3-5-13(16)15(7-9)19-10(2)12-8-11(17)4-6-14(12)18/h3-8,10,19H,1-2H3. The number of anilines is 1. The summed E-state index contributed by atoms with van der Waals surface area (Å²) in [6, 6.07) is 9.01. The molecule has 1 atom stereocenters. The summed E-state index contributed by atoms with van der Waals surface area (Å²) in [5.41, 5.74) is 2.27. The van der Waals surface area contributed by atoms with E-state index in [9.17, 15) is 8.78 Å². The third-order valence-corrected chi connectivity index (χ3v) is 3.61. The average Bonchev–Trinajstić information content (AvgIpc) is 2.36. The molecule has 0 aliphatic heterocycles. The first-order valence-electron chi connectivity index (χ1n) is 5.95. The predicted octanol–water partition coefficient (Wildman–Crippen LogP) is 5.21. The van der Waals surface area contributed by atoms with Crippen molar-refractivity contribution in [2.75, 3.05) is 5.32 Å². The molecular weight excluding hydrogens is 312 g/mol. The van der Waals surface area contributed by atoms with Gasteiger partial charge in [0.05, 0.1) is 6.04 Å². The van der Waals surface area contributed by atoms with Crippen LogP contribution in [0.3, 0.4) is 0 Å². The molecule has 2 rings (SSSR count). The van der Waals surface area contributed by atoms with Crippen LogP contribution in [0.5, 0.6) is 0 Å². The Labute approximate surface area is 119 Å². The highest BCUT2D eigenvalue weighted by Gasteiger charge is 2.13. The average molecular weight is 326 g/mol. The fourth-order valence-electron chi connectivity index (χ4n) is 1.91. The SMILES string of the molecule is Cc1ccc(Br)c(NC(C)c2cc(F)ccc2F)c1. The lowest BCUT2D eigenvalue weighted by molar-refractivity contribution is 0.577. The summed E-state index contributed by atoms with van der Waals surface area (Å²) < 4.78 is 27.8. The molecule has 0 saturated heterocycles. The molecule has 0 radical (unpaired) electrons. The van der Waals surface area contributed by atoms with Gasteiger partial charge in [-0.3, -0.25) is 0 Å². The van der Waals surface area contributed by atoms with Gasteiger partial charge in [-0.05, 0) is 65.7 Å². The van der Waals surface area contributed by atoms with Crippen LogP contribution in [-0.2, 0) is 0 Å². The number of aryl methyl sites for hydroxylation is 1. The fraction of sp³-hybridized carbons (Fsp3) is 0.200. The highest BCUT2D eigenvalue weighted by atomic mass is 79.9. The lowest BCUT2D eigenvalue weighted by atomic mass is 10.1. The molecule has 0 aromatic heterocycles. The molecule has 4 heteroatoms. The summed E-state index contributed by atoms with van der Waals surface area (Å²) in [4.78, 5) is 0. The zero-order valence-electron chi connectivity index (χ0n) is 10.7. The van der Waals surface area contributed by atoms with Gasteiger partial charge in [-0.15, -0.1) is 0 Å². The molecule has 2 aromatic carbocycles. The number of hydrogen-bond donors (Lipinski definition) is 1. The molecule has 0 amide bonds. The van der Waals surface area contributed by atoms with Crippen molar-refractivity contribution >= 4 is 21.6 Å². The van der Waals surface area contributed by atoms with Crippen LogP contribution in [0.25, 0.3) is 0 Å². The molecule has 0 aliphatic rings. The first-order chi connectivity index (χ1) is 8.97. The minimum absolute atomic E-state index is 0.313. The number of halogens is 3. The summed E-state index contributed by atoms with van der Waals surface area (Å²) in [7, 11) is 0. The van der Waals surface area contributed by atoms with E-state index in [4.69, 9.17) is 0 Å². The molecular formula is C15H14BrF2N. The first kappa shape index (κ1) is 14.0. The van der Waals surface area contributed by atoms with Crippen molar-refractivity contribution in [2.24, 2.45) is 0 Å². The van der Waals surface area contributed by atoms with Crippen molar-refractivity contribution in [1.29, 1.82) is 0 Å². The van der Waals surface area contributed by atoms with Gasteiger partial charge in [0.2, 0.25) is 0 Å². The molecule has 100 valence electrons. The molecule has 0 saturated carbocycles. The Morgan fingerprint density at radius 1 is 1.11 bits per heavy atom. The lowest BCUT2D eigenvalue weighted by Gasteiger charge is -2.18. The molecule has 1 nitrogen and oxygen atoms in total. The van der Waals surface area contributed by atoms with Gasteiger partial charge >= 0.3 is 0 Å². The maximum atomic E-state index is 13.7. The summed E-state index contributed by atoms with van der Waals surface area (Å²) in [5, 5.41) is 3.18. The number of hydrogen-bond acceptors (Lipinski definition) is 1. The predicted molar refractivity (Wildman–Crippen MR) is 77.3 cm³/mol. The van der Waals surface area contributed by atoms with Crippen LogP contribution in [-0.4, -0.2) is 0 Å². The molecule has 19 heavy (non-hydrogen) atoms. The molecule has 0 bridgehead atoms. The van der Waals surface area contributed by atoms with E-state index >= 15 is 0 Å². The fourth-order valence-corrected chi connectivity index (χ4v) is 2.27. The summed E-state index contributed by atoms with van der Waals surface area (Å²) in [6.45, 7) is 3.78. The van der Waals surface area contributed by atoms with E-state index in [-0.39, 0.29) is 6.04 Å². The third-order valence-electron chi connectivity index (χ3n) is 2.92. The smallest absolute Gasteiger partial charge is 0.128 e. The maximum absolute atomic E-state index is 13.7. The van der Waals surface area contributed by atoms with E-state index in [0.29, 0.717) is 5.56 Å².